The average molecular weight is 398 g/mol. The Labute approximate surface area is 175 Å². The first-order valence-electron chi connectivity index (χ1n) is 11.2. The first-order chi connectivity index (χ1) is 14.2. The summed E-state index contributed by atoms with van der Waals surface area (Å²) in [4.78, 5) is 26.4. The summed E-state index contributed by atoms with van der Waals surface area (Å²) in [5.41, 5.74) is 4.57. The molecule has 0 atom stereocenters. The van der Waals surface area contributed by atoms with Crippen LogP contribution in [0, 0.1) is 0 Å². The van der Waals surface area contributed by atoms with Crippen LogP contribution in [0.1, 0.15) is 88.4 Å². The van der Waals surface area contributed by atoms with E-state index >= 15 is 0 Å². The molecule has 0 spiro atoms. The summed E-state index contributed by atoms with van der Waals surface area (Å²) < 4.78 is 0. The highest BCUT2D eigenvalue weighted by atomic mass is 16.7. The molecule has 29 heavy (non-hydrogen) atoms. The lowest BCUT2D eigenvalue weighted by Gasteiger charge is -2.34. The Hall–Kier alpha value is -2.30. The van der Waals surface area contributed by atoms with Crippen LogP contribution in [0.25, 0.3) is 0 Å². The monoisotopic (exact) mass is 397 g/mol. The maximum absolute atomic E-state index is 13.6. The number of hydrogen-bond donors (Lipinski definition) is 1. The number of nitrogens with one attached hydrogen (secondary N) is 1. The highest BCUT2D eigenvalue weighted by molar-refractivity contribution is 6.04. The van der Waals surface area contributed by atoms with Crippen LogP contribution < -0.4 is 5.48 Å². The van der Waals surface area contributed by atoms with Gasteiger partial charge in [0.2, 0.25) is 0 Å². The third-order valence-electron chi connectivity index (χ3n) is 5.99. The second kappa shape index (κ2) is 11.0. The molecule has 0 aromatic heterocycles. The van der Waals surface area contributed by atoms with E-state index in [2.05, 4.69) is 5.48 Å². The topological polar surface area (TPSA) is 53.9 Å². The minimum atomic E-state index is -0.0213. The second-order valence-electron chi connectivity index (χ2n) is 8.21. The van der Waals surface area contributed by atoms with E-state index in [-0.39, 0.29) is 18.0 Å². The van der Waals surface area contributed by atoms with Gasteiger partial charge in [0.25, 0.3) is 5.91 Å². The van der Waals surface area contributed by atoms with E-state index < -0.39 is 0 Å². The molecule has 1 amide bonds. The molecule has 5 heteroatoms. The molecule has 3 rings (SSSR count). The van der Waals surface area contributed by atoms with Gasteiger partial charge in [-0.25, -0.2) is 10.5 Å². The number of amidine groups is 1. The highest BCUT2D eigenvalue weighted by Gasteiger charge is 2.32. The molecule has 0 bridgehead atoms. The molecule has 0 saturated heterocycles. The standard InChI is InChI=1S/C24H35N3O2/c1-3-19(2)26-29-24(25-21-15-9-5-10-16-21)27(22-17-11-6-12-18-22)23(28)20-13-7-4-8-14-20/h3-4,7-8,13-14,21-22,26H,5-6,9-12,15-18H2,1-2H3/b19-3+,25-24?. The van der Waals surface area contributed by atoms with Crippen LogP contribution in [0.2, 0.25) is 0 Å². The molecule has 0 aliphatic heterocycles. The highest BCUT2D eigenvalue weighted by Crippen LogP contribution is 2.26. The first kappa shape index (κ1) is 21.4. The van der Waals surface area contributed by atoms with E-state index in [0.717, 1.165) is 44.2 Å². The normalized spacial score (nSPS) is 19.7. The van der Waals surface area contributed by atoms with Crippen molar-refractivity contribution in [1.82, 2.24) is 10.4 Å². The number of hydroxylamine groups is 1. The fourth-order valence-corrected chi connectivity index (χ4v) is 4.16. The molecule has 2 saturated carbocycles. The van der Waals surface area contributed by atoms with Crippen LogP contribution >= 0.6 is 0 Å². The van der Waals surface area contributed by atoms with E-state index in [1.54, 1.807) is 0 Å². The molecule has 158 valence electrons. The van der Waals surface area contributed by atoms with E-state index in [1.165, 1.54) is 25.7 Å². The Kier molecular flexibility index (Phi) is 8.14. The summed E-state index contributed by atoms with van der Waals surface area (Å²) in [6, 6.07) is 10.3. The molecule has 2 aliphatic rings. The van der Waals surface area contributed by atoms with Crippen molar-refractivity contribution in [2.24, 2.45) is 4.99 Å². The molecule has 0 unspecified atom stereocenters. The SMILES string of the molecule is C/C=C(\C)NOC(=NC1CCCCC1)N(C(=O)c1ccccc1)C1CCCCC1. The van der Waals surface area contributed by atoms with Gasteiger partial charge in [-0.3, -0.25) is 9.69 Å². The molecule has 1 aromatic carbocycles. The summed E-state index contributed by atoms with van der Waals surface area (Å²) in [5, 5.41) is 0. The van der Waals surface area contributed by atoms with Gasteiger partial charge >= 0.3 is 6.02 Å². The molecule has 1 aromatic rings. The Morgan fingerprint density at radius 1 is 1.03 bits per heavy atom. The zero-order valence-corrected chi connectivity index (χ0v) is 17.9. The Morgan fingerprint density at radius 2 is 1.66 bits per heavy atom. The number of hydrogen-bond acceptors (Lipinski definition) is 4. The lowest BCUT2D eigenvalue weighted by molar-refractivity contribution is 0.0671. The van der Waals surface area contributed by atoms with Gasteiger partial charge in [-0.15, -0.1) is 0 Å². The number of allylic oxidation sites excluding steroid dienone is 2. The van der Waals surface area contributed by atoms with Crippen molar-refractivity contribution >= 4 is 11.9 Å². The van der Waals surface area contributed by atoms with E-state index in [1.807, 2.05) is 55.2 Å². The van der Waals surface area contributed by atoms with Crippen LogP contribution in [0.3, 0.4) is 0 Å². The van der Waals surface area contributed by atoms with Gasteiger partial charge in [0.05, 0.1) is 6.04 Å². The molecule has 0 heterocycles. The average Bonchev–Trinajstić information content (AvgIpc) is 2.79. The third kappa shape index (κ3) is 6.09. The van der Waals surface area contributed by atoms with Crippen molar-refractivity contribution in [3.05, 3.63) is 47.7 Å². The lowest BCUT2D eigenvalue weighted by Crippen LogP contribution is -2.48. The van der Waals surface area contributed by atoms with Gasteiger partial charge in [0.1, 0.15) is 0 Å². The molecular formula is C24H35N3O2. The van der Waals surface area contributed by atoms with E-state index in [9.17, 15) is 4.79 Å². The first-order valence-corrected chi connectivity index (χ1v) is 11.2. The molecule has 2 aliphatic carbocycles. The Morgan fingerprint density at radius 3 is 2.28 bits per heavy atom. The third-order valence-corrected chi connectivity index (χ3v) is 5.99. The number of aliphatic imine (C=N–C) groups is 1. The maximum Gasteiger partial charge on any atom is 0.322 e. The fourth-order valence-electron chi connectivity index (χ4n) is 4.16. The maximum atomic E-state index is 13.6. The number of carbonyl (C=O) groups is 1. The summed E-state index contributed by atoms with van der Waals surface area (Å²) in [6.07, 6.45) is 13.2. The van der Waals surface area contributed by atoms with Gasteiger partial charge in [-0.2, -0.15) is 0 Å². The van der Waals surface area contributed by atoms with Gasteiger partial charge in [-0.1, -0.05) is 62.8 Å². The van der Waals surface area contributed by atoms with Crippen molar-refractivity contribution in [1.29, 1.82) is 0 Å². The summed E-state index contributed by atoms with van der Waals surface area (Å²) in [6.45, 7) is 3.90. The molecule has 0 radical (unpaired) electrons. The molecule has 5 nitrogen and oxygen atoms in total. The second-order valence-corrected chi connectivity index (χ2v) is 8.21. The number of benzene rings is 1. The Bertz CT molecular complexity index is 702. The fraction of sp³-hybridized carbons (Fsp3) is 0.583. The molecule has 1 N–H and O–H groups in total. The van der Waals surface area contributed by atoms with Crippen molar-refractivity contribution in [2.45, 2.75) is 90.1 Å². The van der Waals surface area contributed by atoms with Crippen molar-refractivity contribution in [2.75, 3.05) is 0 Å². The zero-order valence-electron chi connectivity index (χ0n) is 17.9. The van der Waals surface area contributed by atoms with Crippen molar-refractivity contribution in [3.8, 4) is 0 Å². The summed E-state index contributed by atoms with van der Waals surface area (Å²) in [5.74, 6) is -0.0213. The van der Waals surface area contributed by atoms with Gasteiger partial charge in [0, 0.05) is 17.3 Å². The van der Waals surface area contributed by atoms with Crippen LogP contribution in [0.15, 0.2) is 47.1 Å². The van der Waals surface area contributed by atoms with Gasteiger partial charge < -0.3 is 4.84 Å². The summed E-state index contributed by atoms with van der Waals surface area (Å²) >= 11 is 0. The zero-order chi connectivity index (χ0) is 20.5. The van der Waals surface area contributed by atoms with Crippen molar-refractivity contribution in [3.63, 3.8) is 0 Å². The number of nitrogens with zero attached hydrogens (tertiary/aromatic N) is 2. The number of rotatable bonds is 5. The minimum Gasteiger partial charge on any atom is -0.343 e. The van der Waals surface area contributed by atoms with Gasteiger partial charge in [-0.05, 0) is 51.7 Å². The van der Waals surface area contributed by atoms with Crippen LogP contribution in [-0.2, 0) is 4.84 Å². The van der Waals surface area contributed by atoms with E-state index in [0.29, 0.717) is 11.6 Å². The molecule has 2 fully saturated rings. The van der Waals surface area contributed by atoms with Crippen LogP contribution in [-0.4, -0.2) is 28.9 Å². The van der Waals surface area contributed by atoms with E-state index in [4.69, 9.17) is 9.83 Å². The lowest BCUT2D eigenvalue weighted by atomic mass is 9.93. The smallest absolute Gasteiger partial charge is 0.322 e. The minimum absolute atomic E-state index is 0.0213. The Balaban J connectivity index is 1.93. The molecular weight excluding hydrogens is 362 g/mol. The quantitative estimate of drug-likeness (QED) is 0.400. The van der Waals surface area contributed by atoms with Crippen molar-refractivity contribution < 1.29 is 9.63 Å². The number of amides is 1. The predicted molar refractivity (Wildman–Crippen MR) is 117 cm³/mol. The summed E-state index contributed by atoms with van der Waals surface area (Å²) in [7, 11) is 0. The predicted octanol–water partition coefficient (Wildman–Crippen LogP) is 5.60. The van der Waals surface area contributed by atoms with Crippen LogP contribution in [0.5, 0.6) is 0 Å². The number of carbonyl (C=O) groups excluding carboxylic acids is 1. The van der Waals surface area contributed by atoms with Crippen LogP contribution in [0.4, 0.5) is 0 Å². The van der Waals surface area contributed by atoms with Gasteiger partial charge in [0.15, 0.2) is 0 Å². The largest absolute Gasteiger partial charge is 0.343 e.